The molecule has 0 heterocycles. The van der Waals surface area contributed by atoms with Gasteiger partial charge in [0.15, 0.2) is 5.78 Å². The van der Waals surface area contributed by atoms with Crippen molar-refractivity contribution in [3.63, 3.8) is 0 Å². The van der Waals surface area contributed by atoms with Crippen LogP contribution in [0.5, 0.6) is 5.75 Å². The number of carbonyl (C=O) groups excluding carboxylic acids is 1. The molecule has 0 bridgehead atoms. The van der Waals surface area contributed by atoms with Crippen molar-refractivity contribution in [2.45, 2.75) is 6.92 Å². The third-order valence-electron chi connectivity index (χ3n) is 1.76. The molecule has 0 aromatic heterocycles. The number of benzene rings is 1. The van der Waals surface area contributed by atoms with Crippen LogP contribution in [0.1, 0.15) is 17.3 Å². The predicted octanol–water partition coefficient (Wildman–Crippen LogP) is 3.67. The Balaban J connectivity index is 2.79. The van der Waals surface area contributed by atoms with Gasteiger partial charge in [0.1, 0.15) is 12.4 Å². The lowest BCUT2D eigenvalue weighted by Crippen LogP contribution is -1.96. The van der Waals surface area contributed by atoms with Crippen molar-refractivity contribution in [2.24, 2.45) is 0 Å². The maximum atomic E-state index is 11.0. The number of ether oxygens (including phenoxy) is 1. The normalized spacial score (nSPS) is 10.6. The van der Waals surface area contributed by atoms with Gasteiger partial charge in [-0.25, -0.2) is 0 Å². The van der Waals surface area contributed by atoms with Crippen LogP contribution in [-0.2, 0) is 0 Å². The van der Waals surface area contributed by atoms with Crippen molar-refractivity contribution < 1.29 is 9.53 Å². The van der Waals surface area contributed by atoms with Gasteiger partial charge in [-0.05, 0) is 31.2 Å². The van der Waals surface area contributed by atoms with Gasteiger partial charge in [-0.1, -0.05) is 23.2 Å². The van der Waals surface area contributed by atoms with Gasteiger partial charge in [-0.3, -0.25) is 4.79 Å². The van der Waals surface area contributed by atoms with Gasteiger partial charge in [0.25, 0.3) is 0 Å². The van der Waals surface area contributed by atoms with E-state index in [1.54, 1.807) is 24.3 Å². The van der Waals surface area contributed by atoms with Crippen molar-refractivity contribution >= 4 is 29.0 Å². The smallest absolute Gasteiger partial charge is 0.159 e. The number of rotatable bonds is 4. The van der Waals surface area contributed by atoms with E-state index in [9.17, 15) is 4.79 Å². The number of halogens is 2. The molecule has 1 rings (SSSR count). The molecule has 0 amide bonds. The maximum Gasteiger partial charge on any atom is 0.159 e. The van der Waals surface area contributed by atoms with Crippen molar-refractivity contribution in [3.05, 3.63) is 40.4 Å². The van der Waals surface area contributed by atoms with Crippen molar-refractivity contribution in [1.82, 2.24) is 0 Å². The van der Waals surface area contributed by atoms with Crippen LogP contribution >= 0.6 is 23.2 Å². The standard InChI is InChI=1S/C11H10Cl2O2/c1-8(14)9-3-4-11(10(13)7-9)15-6-2-5-12/h2-5,7H,6H2,1H3/b5-2+. The molecule has 15 heavy (non-hydrogen) atoms. The summed E-state index contributed by atoms with van der Waals surface area (Å²) in [7, 11) is 0. The second-order valence-corrected chi connectivity index (χ2v) is 3.53. The minimum absolute atomic E-state index is 0.0240. The Hall–Kier alpha value is -0.990. The molecule has 0 saturated heterocycles. The van der Waals surface area contributed by atoms with Crippen molar-refractivity contribution in [1.29, 1.82) is 0 Å². The Morgan fingerprint density at radius 3 is 2.80 bits per heavy atom. The van der Waals surface area contributed by atoms with E-state index in [1.165, 1.54) is 12.5 Å². The lowest BCUT2D eigenvalue weighted by atomic mass is 10.1. The monoisotopic (exact) mass is 244 g/mol. The largest absolute Gasteiger partial charge is 0.488 e. The predicted molar refractivity (Wildman–Crippen MR) is 61.9 cm³/mol. The number of hydrogen-bond acceptors (Lipinski definition) is 2. The van der Waals surface area contributed by atoms with E-state index in [0.717, 1.165) is 0 Å². The van der Waals surface area contributed by atoms with E-state index in [0.29, 0.717) is 22.9 Å². The first-order chi connectivity index (χ1) is 7.15. The van der Waals surface area contributed by atoms with E-state index < -0.39 is 0 Å². The molecule has 4 heteroatoms. The Morgan fingerprint density at radius 2 is 2.27 bits per heavy atom. The van der Waals surface area contributed by atoms with Crippen LogP contribution in [0.3, 0.4) is 0 Å². The van der Waals surface area contributed by atoms with Crippen LogP contribution in [0.4, 0.5) is 0 Å². The van der Waals surface area contributed by atoms with Crippen molar-refractivity contribution in [2.75, 3.05) is 6.61 Å². The van der Waals surface area contributed by atoms with E-state index >= 15 is 0 Å². The Bertz CT molecular complexity index is 386. The van der Waals surface area contributed by atoms with Crippen LogP contribution in [0, 0.1) is 0 Å². The zero-order valence-electron chi connectivity index (χ0n) is 8.17. The molecular formula is C11H10Cl2O2. The fourth-order valence-electron chi connectivity index (χ4n) is 1.01. The first-order valence-corrected chi connectivity index (χ1v) is 5.15. The summed E-state index contributed by atoms with van der Waals surface area (Å²) in [5, 5.41) is 0.422. The minimum Gasteiger partial charge on any atom is -0.488 e. The SMILES string of the molecule is CC(=O)c1ccc(OC/C=C/Cl)c(Cl)c1. The topological polar surface area (TPSA) is 26.3 Å². The second kappa shape index (κ2) is 5.79. The fourth-order valence-corrected chi connectivity index (χ4v) is 1.32. The third-order valence-corrected chi connectivity index (χ3v) is 2.24. The maximum absolute atomic E-state index is 11.0. The molecule has 0 radical (unpaired) electrons. The number of Topliss-reactive ketones (excluding diaryl/α,β-unsaturated/α-hetero) is 1. The lowest BCUT2D eigenvalue weighted by molar-refractivity contribution is 0.101. The molecule has 0 fully saturated rings. The molecule has 0 aliphatic carbocycles. The molecule has 0 N–H and O–H groups in total. The molecule has 0 unspecified atom stereocenters. The summed E-state index contributed by atoms with van der Waals surface area (Å²) in [4.78, 5) is 11.0. The molecule has 0 spiro atoms. The summed E-state index contributed by atoms with van der Waals surface area (Å²) in [6, 6.07) is 4.93. The Labute approximate surface area is 98.4 Å². The van der Waals surface area contributed by atoms with Crippen molar-refractivity contribution in [3.8, 4) is 5.75 Å². The Morgan fingerprint density at radius 1 is 1.53 bits per heavy atom. The first-order valence-electron chi connectivity index (χ1n) is 4.33. The zero-order chi connectivity index (χ0) is 11.3. The van der Waals surface area contributed by atoms with Crippen LogP contribution < -0.4 is 4.74 Å². The van der Waals surface area contributed by atoms with Gasteiger partial charge in [-0.2, -0.15) is 0 Å². The van der Waals surface area contributed by atoms with E-state index in [-0.39, 0.29) is 5.78 Å². The molecule has 1 aromatic carbocycles. The highest BCUT2D eigenvalue weighted by Crippen LogP contribution is 2.25. The first kappa shape index (κ1) is 12.1. The summed E-state index contributed by atoms with van der Waals surface area (Å²) >= 11 is 11.3. The highest BCUT2D eigenvalue weighted by molar-refractivity contribution is 6.32. The molecule has 80 valence electrons. The quantitative estimate of drug-likeness (QED) is 0.756. The lowest BCUT2D eigenvalue weighted by Gasteiger charge is -2.06. The molecule has 0 saturated carbocycles. The number of carbonyl (C=O) groups is 1. The van der Waals surface area contributed by atoms with Crippen LogP contribution in [0.15, 0.2) is 29.8 Å². The molecule has 2 nitrogen and oxygen atoms in total. The zero-order valence-corrected chi connectivity index (χ0v) is 9.68. The minimum atomic E-state index is -0.0240. The molecule has 0 aliphatic heterocycles. The number of hydrogen-bond donors (Lipinski definition) is 0. The average molecular weight is 245 g/mol. The summed E-state index contributed by atoms with van der Waals surface area (Å²) in [5.74, 6) is 0.514. The van der Waals surface area contributed by atoms with E-state index in [4.69, 9.17) is 27.9 Å². The van der Waals surface area contributed by atoms with E-state index in [1.807, 2.05) is 0 Å². The third kappa shape index (κ3) is 3.57. The van der Waals surface area contributed by atoms with Crippen LogP contribution in [-0.4, -0.2) is 12.4 Å². The number of ketones is 1. The second-order valence-electron chi connectivity index (χ2n) is 2.87. The highest BCUT2D eigenvalue weighted by Gasteiger charge is 2.05. The molecule has 0 atom stereocenters. The summed E-state index contributed by atoms with van der Waals surface area (Å²) < 4.78 is 5.30. The molecule has 0 aliphatic rings. The molecule has 1 aromatic rings. The summed E-state index contributed by atoms with van der Waals surface area (Å²) in [6.07, 6.45) is 1.65. The van der Waals surface area contributed by atoms with Gasteiger partial charge in [0.05, 0.1) is 5.02 Å². The van der Waals surface area contributed by atoms with Gasteiger partial charge in [0, 0.05) is 11.1 Å². The van der Waals surface area contributed by atoms with Crippen LogP contribution in [0.2, 0.25) is 5.02 Å². The summed E-state index contributed by atoms with van der Waals surface area (Å²) in [5.41, 5.74) is 1.94. The van der Waals surface area contributed by atoms with E-state index in [2.05, 4.69) is 0 Å². The molecular weight excluding hydrogens is 235 g/mol. The fraction of sp³-hybridized carbons (Fsp3) is 0.182. The summed E-state index contributed by atoms with van der Waals surface area (Å²) in [6.45, 7) is 1.84. The van der Waals surface area contributed by atoms with Crippen LogP contribution in [0.25, 0.3) is 0 Å². The Kier molecular flexibility index (Phi) is 4.66. The average Bonchev–Trinajstić information content (AvgIpc) is 2.20. The highest BCUT2D eigenvalue weighted by atomic mass is 35.5. The van der Waals surface area contributed by atoms with Gasteiger partial charge in [-0.15, -0.1) is 0 Å². The van der Waals surface area contributed by atoms with Gasteiger partial charge < -0.3 is 4.74 Å². The van der Waals surface area contributed by atoms with Gasteiger partial charge in [0.2, 0.25) is 0 Å². The van der Waals surface area contributed by atoms with Gasteiger partial charge >= 0.3 is 0 Å².